The van der Waals surface area contributed by atoms with Crippen LogP contribution in [-0.4, -0.2) is 41.3 Å². The molecule has 0 aliphatic carbocycles. The van der Waals surface area contributed by atoms with E-state index >= 15 is 0 Å². The maximum atomic E-state index is 12.5. The van der Waals surface area contributed by atoms with Crippen molar-refractivity contribution in [3.8, 4) is 5.75 Å². The van der Waals surface area contributed by atoms with Crippen molar-refractivity contribution in [2.45, 2.75) is 39.7 Å². The van der Waals surface area contributed by atoms with Gasteiger partial charge < -0.3 is 15.0 Å². The second kappa shape index (κ2) is 10.9. The van der Waals surface area contributed by atoms with Crippen LogP contribution >= 0.6 is 11.3 Å². The highest BCUT2D eigenvalue weighted by molar-refractivity contribution is 7.09. The van der Waals surface area contributed by atoms with E-state index in [1.54, 1.807) is 17.4 Å². The summed E-state index contributed by atoms with van der Waals surface area (Å²) in [5.41, 5.74) is 1.82. The van der Waals surface area contributed by atoms with Gasteiger partial charge >= 0.3 is 0 Å². The number of nitrogens with zero attached hydrogens (tertiary/aromatic N) is 2. The average molecular weight is 428 g/mol. The Morgan fingerprint density at radius 3 is 2.83 bits per heavy atom. The Balaban J connectivity index is 1.48. The molecule has 2 aromatic rings. The lowest BCUT2D eigenvalue weighted by molar-refractivity contribution is -0.132. The molecular weight excluding hydrogens is 398 g/mol. The molecule has 1 aromatic heterocycles. The number of aryl methyl sites for hydroxylation is 1. The number of thiazole rings is 1. The van der Waals surface area contributed by atoms with E-state index < -0.39 is 0 Å². The first-order chi connectivity index (χ1) is 14.5. The van der Waals surface area contributed by atoms with Gasteiger partial charge in [0.1, 0.15) is 12.4 Å². The fourth-order valence-electron chi connectivity index (χ4n) is 3.37. The van der Waals surface area contributed by atoms with E-state index in [0.29, 0.717) is 39.1 Å². The van der Waals surface area contributed by atoms with Gasteiger partial charge in [-0.15, -0.1) is 11.3 Å². The van der Waals surface area contributed by atoms with Crippen LogP contribution in [0, 0.1) is 12.8 Å². The molecule has 0 atom stereocenters. The minimum absolute atomic E-state index is 0.0138. The van der Waals surface area contributed by atoms with Crippen LogP contribution in [0.4, 0.5) is 0 Å². The SMILES string of the molecule is CCCNC(=O)C1CCN(C(=O)/C=C/c2cccc(OCc3csc(C)n3)c2)CC1. The van der Waals surface area contributed by atoms with Crippen molar-refractivity contribution in [2.24, 2.45) is 5.92 Å². The molecule has 1 saturated heterocycles. The lowest BCUT2D eigenvalue weighted by Gasteiger charge is -2.30. The monoisotopic (exact) mass is 427 g/mol. The molecule has 1 aromatic carbocycles. The topological polar surface area (TPSA) is 71.5 Å². The van der Waals surface area contributed by atoms with Crippen molar-refractivity contribution in [1.82, 2.24) is 15.2 Å². The molecule has 1 aliphatic rings. The highest BCUT2D eigenvalue weighted by Gasteiger charge is 2.26. The number of piperidine rings is 1. The van der Waals surface area contributed by atoms with Crippen molar-refractivity contribution in [2.75, 3.05) is 19.6 Å². The molecule has 0 bridgehead atoms. The standard InChI is InChI=1S/C23H29N3O3S/c1-3-11-24-23(28)19-9-12-26(13-10-19)22(27)8-7-18-5-4-6-21(14-18)29-15-20-16-30-17(2)25-20/h4-8,14,16,19H,3,9-13,15H2,1-2H3,(H,24,28)/b8-7+. The number of carbonyl (C=O) groups excluding carboxylic acids is 2. The van der Waals surface area contributed by atoms with Crippen molar-refractivity contribution >= 4 is 29.2 Å². The summed E-state index contributed by atoms with van der Waals surface area (Å²) in [7, 11) is 0. The number of aromatic nitrogens is 1. The second-order valence-electron chi connectivity index (χ2n) is 7.44. The molecule has 7 heteroatoms. The normalized spacial score (nSPS) is 14.8. The molecule has 30 heavy (non-hydrogen) atoms. The molecule has 1 aliphatic heterocycles. The molecule has 0 spiro atoms. The predicted octanol–water partition coefficient (Wildman–Crippen LogP) is 3.81. The maximum Gasteiger partial charge on any atom is 0.246 e. The van der Waals surface area contributed by atoms with Gasteiger partial charge in [0.05, 0.1) is 10.7 Å². The van der Waals surface area contributed by atoms with Crippen LogP contribution in [0.25, 0.3) is 6.08 Å². The molecule has 2 heterocycles. The van der Waals surface area contributed by atoms with Crippen LogP contribution in [0.3, 0.4) is 0 Å². The van der Waals surface area contributed by atoms with Crippen LogP contribution in [0.5, 0.6) is 5.75 Å². The van der Waals surface area contributed by atoms with Crippen LogP contribution in [0.1, 0.15) is 42.5 Å². The third kappa shape index (κ3) is 6.42. The molecule has 6 nitrogen and oxygen atoms in total. The van der Waals surface area contributed by atoms with Gasteiger partial charge in [0, 0.05) is 37.0 Å². The van der Waals surface area contributed by atoms with Gasteiger partial charge in [-0.05, 0) is 50.0 Å². The van der Waals surface area contributed by atoms with Crippen LogP contribution in [-0.2, 0) is 16.2 Å². The fraction of sp³-hybridized carbons (Fsp3) is 0.435. The predicted molar refractivity (Wildman–Crippen MR) is 119 cm³/mol. The molecular formula is C23H29N3O3S. The number of ether oxygens (including phenoxy) is 1. The van der Waals surface area contributed by atoms with E-state index in [4.69, 9.17) is 4.74 Å². The summed E-state index contributed by atoms with van der Waals surface area (Å²) in [4.78, 5) is 30.8. The third-order valence-electron chi connectivity index (χ3n) is 5.06. The zero-order chi connectivity index (χ0) is 21.3. The Morgan fingerprint density at radius 1 is 1.33 bits per heavy atom. The number of amides is 2. The van der Waals surface area contributed by atoms with Gasteiger partial charge in [0.15, 0.2) is 0 Å². The number of likely N-dealkylation sites (tertiary alicyclic amines) is 1. The summed E-state index contributed by atoms with van der Waals surface area (Å²) in [6.45, 7) is 6.38. The number of hydrogen-bond acceptors (Lipinski definition) is 5. The number of rotatable bonds is 8. The van der Waals surface area contributed by atoms with Crippen molar-refractivity contribution in [1.29, 1.82) is 0 Å². The van der Waals surface area contributed by atoms with Gasteiger partial charge in [0.25, 0.3) is 0 Å². The Kier molecular flexibility index (Phi) is 8.02. The minimum Gasteiger partial charge on any atom is -0.487 e. The van der Waals surface area contributed by atoms with Crippen LogP contribution < -0.4 is 10.1 Å². The fourth-order valence-corrected chi connectivity index (χ4v) is 3.96. The first kappa shape index (κ1) is 22.0. The molecule has 3 rings (SSSR count). The molecule has 0 radical (unpaired) electrons. The Labute approximate surface area is 182 Å². The Morgan fingerprint density at radius 2 is 2.13 bits per heavy atom. The lowest BCUT2D eigenvalue weighted by atomic mass is 9.96. The highest BCUT2D eigenvalue weighted by Crippen LogP contribution is 2.19. The summed E-state index contributed by atoms with van der Waals surface area (Å²) in [5, 5.41) is 5.97. The first-order valence-electron chi connectivity index (χ1n) is 10.4. The third-order valence-corrected chi connectivity index (χ3v) is 5.88. The summed E-state index contributed by atoms with van der Waals surface area (Å²) in [6.07, 6.45) is 5.77. The lowest BCUT2D eigenvalue weighted by Crippen LogP contribution is -2.42. The summed E-state index contributed by atoms with van der Waals surface area (Å²) in [6, 6.07) is 7.65. The molecule has 0 saturated carbocycles. The van der Waals surface area contributed by atoms with E-state index in [0.717, 1.165) is 28.4 Å². The van der Waals surface area contributed by atoms with Crippen molar-refractivity contribution < 1.29 is 14.3 Å². The van der Waals surface area contributed by atoms with Crippen LogP contribution in [0.2, 0.25) is 0 Å². The quantitative estimate of drug-likeness (QED) is 0.651. The first-order valence-corrected chi connectivity index (χ1v) is 11.3. The molecule has 0 unspecified atom stereocenters. The molecule has 160 valence electrons. The maximum absolute atomic E-state index is 12.5. The summed E-state index contributed by atoms with van der Waals surface area (Å²) in [5.74, 6) is 0.852. The van der Waals surface area contributed by atoms with Crippen LogP contribution in [0.15, 0.2) is 35.7 Å². The summed E-state index contributed by atoms with van der Waals surface area (Å²) < 4.78 is 5.81. The van der Waals surface area contributed by atoms with E-state index in [-0.39, 0.29) is 17.7 Å². The highest BCUT2D eigenvalue weighted by atomic mass is 32.1. The molecule has 1 N–H and O–H groups in total. The van der Waals surface area contributed by atoms with Gasteiger partial charge in [-0.25, -0.2) is 4.98 Å². The van der Waals surface area contributed by atoms with Gasteiger partial charge in [-0.2, -0.15) is 0 Å². The van der Waals surface area contributed by atoms with E-state index in [9.17, 15) is 9.59 Å². The molecule has 1 fully saturated rings. The molecule has 2 amide bonds. The van der Waals surface area contributed by atoms with Crippen molar-refractivity contribution in [3.05, 3.63) is 52.0 Å². The second-order valence-corrected chi connectivity index (χ2v) is 8.51. The minimum atomic E-state index is -0.0216. The Hall–Kier alpha value is -2.67. The summed E-state index contributed by atoms with van der Waals surface area (Å²) >= 11 is 1.61. The van der Waals surface area contributed by atoms with Gasteiger partial charge in [0.2, 0.25) is 11.8 Å². The number of nitrogens with one attached hydrogen (secondary N) is 1. The zero-order valence-corrected chi connectivity index (χ0v) is 18.4. The largest absolute Gasteiger partial charge is 0.487 e. The van der Waals surface area contributed by atoms with Crippen molar-refractivity contribution in [3.63, 3.8) is 0 Å². The van der Waals surface area contributed by atoms with E-state index in [1.165, 1.54) is 0 Å². The number of benzene rings is 1. The van der Waals surface area contributed by atoms with E-state index in [1.807, 2.05) is 54.5 Å². The zero-order valence-electron chi connectivity index (χ0n) is 17.6. The Bertz CT molecular complexity index is 885. The number of carbonyl (C=O) groups is 2. The van der Waals surface area contributed by atoms with Gasteiger partial charge in [-0.1, -0.05) is 19.1 Å². The number of hydrogen-bond donors (Lipinski definition) is 1. The smallest absolute Gasteiger partial charge is 0.246 e. The average Bonchev–Trinajstić information content (AvgIpc) is 3.20. The van der Waals surface area contributed by atoms with Gasteiger partial charge in [-0.3, -0.25) is 9.59 Å². The van der Waals surface area contributed by atoms with E-state index in [2.05, 4.69) is 10.3 Å².